The van der Waals surface area contributed by atoms with Gasteiger partial charge in [0, 0.05) is 27.7 Å². The van der Waals surface area contributed by atoms with Crippen molar-refractivity contribution < 1.29 is 9.53 Å². The quantitative estimate of drug-likeness (QED) is 0.579. The Bertz CT molecular complexity index is 762. The lowest BCUT2D eigenvalue weighted by molar-refractivity contribution is 0.0601. The number of esters is 1. The molecule has 5 heteroatoms. The molecule has 0 saturated carbocycles. The molecule has 100 valence electrons. The molecule has 0 spiro atoms. The Morgan fingerprint density at radius 3 is 2.90 bits per heavy atom. The van der Waals surface area contributed by atoms with Gasteiger partial charge in [-0.05, 0) is 24.3 Å². The van der Waals surface area contributed by atoms with Crippen LogP contribution in [0.5, 0.6) is 0 Å². The summed E-state index contributed by atoms with van der Waals surface area (Å²) in [4.78, 5) is 18.1. The van der Waals surface area contributed by atoms with Crippen LogP contribution in [0.25, 0.3) is 20.7 Å². The van der Waals surface area contributed by atoms with E-state index < -0.39 is 5.97 Å². The molecule has 3 rings (SSSR count). The van der Waals surface area contributed by atoms with Gasteiger partial charge in [0.1, 0.15) is 4.83 Å². The monoisotopic (exact) mass is 284 g/mol. The van der Waals surface area contributed by atoms with Gasteiger partial charge in [0.25, 0.3) is 0 Å². The molecular weight excluding hydrogens is 272 g/mol. The van der Waals surface area contributed by atoms with E-state index in [0.29, 0.717) is 11.3 Å². The van der Waals surface area contributed by atoms with Gasteiger partial charge in [0.2, 0.25) is 0 Å². The summed E-state index contributed by atoms with van der Waals surface area (Å²) >= 11 is 1.54. The molecule has 0 aliphatic carbocycles. The van der Waals surface area contributed by atoms with Gasteiger partial charge >= 0.3 is 5.97 Å². The molecule has 0 fully saturated rings. The number of hydrogen-bond donors (Lipinski definition) is 1. The second-order valence-corrected chi connectivity index (χ2v) is 5.34. The van der Waals surface area contributed by atoms with Crippen molar-refractivity contribution in [2.75, 3.05) is 12.8 Å². The minimum atomic E-state index is -0.391. The standard InChI is InChI=1S/C15H12N2O2S/c1-19-15(18)12-8-10(16)4-5-11(12)13-7-9-3-2-6-17-14(9)20-13/h2-8H,16H2,1H3. The molecule has 1 aromatic carbocycles. The highest BCUT2D eigenvalue weighted by atomic mass is 32.1. The predicted octanol–water partition coefficient (Wildman–Crippen LogP) is 3.33. The average molecular weight is 284 g/mol. The highest BCUT2D eigenvalue weighted by Gasteiger charge is 2.15. The van der Waals surface area contributed by atoms with Crippen LogP contribution >= 0.6 is 11.3 Å². The number of nitrogen functional groups attached to an aromatic ring is 1. The number of anilines is 1. The lowest BCUT2D eigenvalue weighted by atomic mass is 10.0. The Balaban J connectivity index is 2.20. The van der Waals surface area contributed by atoms with E-state index in [1.54, 1.807) is 18.3 Å². The highest BCUT2D eigenvalue weighted by molar-refractivity contribution is 7.21. The minimum Gasteiger partial charge on any atom is -0.465 e. The van der Waals surface area contributed by atoms with Crippen LogP contribution in [0.3, 0.4) is 0 Å². The molecular formula is C15H12N2O2S. The van der Waals surface area contributed by atoms with Crippen molar-refractivity contribution in [3.05, 3.63) is 48.2 Å². The molecule has 2 N–H and O–H groups in total. The molecule has 2 aromatic heterocycles. The zero-order chi connectivity index (χ0) is 14.1. The third-order valence-corrected chi connectivity index (χ3v) is 4.10. The number of rotatable bonds is 2. The van der Waals surface area contributed by atoms with E-state index >= 15 is 0 Å². The van der Waals surface area contributed by atoms with E-state index in [4.69, 9.17) is 10.5 Å². The normalized spacial score (nSPS) is 10.7. The van der Waals surface area contributed by atoms with Gasteiger partial charge in [-0.25, -0.2) is 9.78 Å². The number of carbonyl (C=O) groups excluding carboxylic acids is 1. The fraction of sp³-hybridized carbons (Fsp3) is 0.0667. The Hall–Kier alpha value is -2.40. The van der Waals surface area contributed by atoms with Crippen LogP contribution in [0.1, 0.15) is 10.4 Å². The van der Waals surface area contributed by atoms with Gasteiger partial charge < -0.3 is 10.5 Å². The van der Waals surface area contributed by atoms with E-state index in [-0.39, 0.29) is 0 Å². The summed E-state index contributed by atoms with van der Waals surface area (Å²) < 4.78 is 4.82. The molecule has 0 bridgehead atoms. The fourth-order valence-electron chi connectivity index (χ4n) is 2.06. The van der Waals surface area contributed by atoms with Crippen LogP contribution in [0.15, 0.2) is 42.6 Å². The Morgan fingerprint density at radius 1 is 1.30 bits per heavy atom. The lowest BCUT2D eigenvalue weighted by Gasteiger charge is -2.06. The number of carbonyl (C=O) groups is 1. The zero-order valence-electron chi connectivity index (χ0n) is 10.8. The van der Waals surface area contributed by atoms with Gasteiger partial charge in [-0.2, -0.15) is 0 Å². The molecule has 4 nitrogen and oxygen atoms in total. The van der Waals surface area contributed by atoms with Crippen molar-refractivity contribution in [3.8, 4) is 10.4 Å². The maximum absolute atomic E-state index is 11.9. The molecule has 3 aromatic rings. The maximum atomic E-state index is 11.9. The number of thiophene rings is 1. The van der Waals surface area contributed by atoms with Crippen LogP contribution in [-0.2, 0) is 4.74 Å². The van der Waals surface area contributed by atoms with Crippen molar-refractivity contribution in [1.82, 2.24) is 4.98 Å². The summed E-state index contributed by atoms with van der Waals surface area (Å²) in [5, 5.41) is 1.06. The number of nitrogens with zero attached hydrogens (tertiary/aromatic N) is 1. The Morgan fingerprint density at radius 2 is 2.15 bits per heavy atom. The number of hydrogen-bond acceptors (Lipinski definition) is 5. The van der Waals surface area contributed by atoms with E-state index in [2.05, 4.69) is 4.98 Å². The lowest BCUT2D eigenvalue weighted by Crippen LogP contribution is -2.04. The van der Waals surface area contributed by atoms with E-state index in [9.17, 15) is 4.79 Å². The van der Waals surface area contributed by atoms with Crippen molar-refractivity contribution in [1.29, 1.82) is 0 Å². The number of benzene rings is 1. The largest absolute Gasteiger partial charge is 0.465 e. The summed E-state index contributed by atoms with van der Waals surface area (Å²) in [6, 6.07) is 11.2. The van der Waals surface area contributed by atoms with Gasteiger partial charge in [-0.3, -0.25) is 0 Å². The zero-order valence-corrected chi connectivity index (χ0v) is 11.6. The molecule has 20 heavy (non-hydrogen) atoms. The first kappa shape index (κ1) is 12.6. The molecule has 0 radical (unpaired) electrons. The van der Waals surface area contributed by atoms with Gasteiger partial charge in [0.05, 0.1) is 12.7 Å². The summed E-state index contributed by atoms with van der Waals surface area (Å²) in [7, 11) is 1.36. The first-order valence-electron chi connectivity index (χ1n) is 6.02. The number of aromatic nitrogens is 1. The highest BCUT2D eigenvalue weighted by Crippen LogP contribution is 2.35. The van der Waals surface area contributed by atoms with E-state index in [1.807, 2.05) is 24.3 Å². The van der Waals surface area contributed by atoms with Crippen molar-refractivity contribution in [2.45, 2.75) is 0 Å². The first-order valence-corrected chi connectivity index (χ1v) is 6.83. The molecule has 0 aliphatic rings. The molecule has 0 unspecified atom stereocenters. The number of methoxy groups -OCH3 is 1. The Labute approximate surface area is 119 Å². The van der Waals surface area contributed by atoms with Crippen molar-refractivity contribution in [3.63, 3.8) is 0 Å². The summed E-state index contributed by atoms with van der Waals surface area (Å²) in [6.07, 6.45) is 1.76. The third-order valence-electron chi connectivity index (χ3n) is 3.01. The van der Waals surface area contributed by atoms with Crippen molar-refractivity contribution >= 4 is 33.2 Å². The van der Waals surface area contributed by atoms with Crippen LogP contribution in [-0.4, -0.2) is 18.1 Å². The molecule has 2 heterocycles. The molecule has 0 saturated heterocycles. The second-order valence-electron chi connectivity index (χ2n) is 4.31. The maximum Gasteiger partial charge on any atom is 0.338 e. The minimum absolute atomic E-state index is 0.391. The van der Waals surface area contributed by atoms with Crippen molar-refractivity contribution in [2.24, 2.45) is 0 Å². The smallest absolute Gasteiger partial charge is 0.338 e. The van der Waals surface area contributed by atoms with E-state index in [0.717, 1.165) is 20.7 Å². The second kappa shape index (κ2) is 4.94. The average Bonchev–Trinajstić information content (AvgIpc) is 2.90. The third kappa shape index (κ3) is 2.12. The van der Waals surface area contributed by atoms with Crippen LogP contribution in [0.4, 0.5) is 5.69 Å². The number of pyridine rings is 1. The number of ether oxygens (including phenoxy) is 1. The fourth-order valence-corrected chi connectivity index (χ4v) is 3.10. The van der Waals surface area contributed by atoms with Crippen LogP contribution < -0.4 is 5.73 Å². The summed E-state index contributed by atoms with van der Waals surface area (Å²) in [5.74, 6) is -0.391. The van der Waals surface area contributed by atoms with Gasteiger partial charge in [-0.1, -0.05) is 12.1 Å². The summed E-state index contributed by atoms with van der Waals surface area (Å²) in [6.45, 7) is 0. The van der Waals surface area contributed by atoms with Gasteiger partial charge in [-0.15, -0.1) is 11.3 Å². The van der Waals surface area contributed by atoms with Gasteiger partial charge in [0.15, 0.2) is 0 Å². The number of nitrogens with two attached hydrogens (primary N) is 1. The molecule has 0 atom stereocenters. The SMILES string of the molecule is COC(=O)c1cc(N)ccc1-c1cc2cccnc2s1. The molecule has 0 aliphatic heterocycles. The van der Waals surface area contributed by atoms with Crippen LogP contribution in [0.2, 0.25) is 0 Å². The van der Waals surface area contributed by atoms with E-state index in [1.165, 1.54) is 18.4 Å². The van der Waals surface area contributed by atoms with Crippen LogP contribution in [0, 0.1) is 0 Å². The molecule has 0 amide bonds. The summed E-state index contributed by atoms with van der Waals surface area (Å²) in [5.41, 5.74) is 7.58. The number of fused-ring (bicyclic) bond motifs is 1. The predicted molar refractivity (Wildman–Crippen MR) is 80.8 cm³/mol. The first-order chi connectivity index (χ1) is 9.69. The Kier molecular flexibility index (Phi) is 3.12. The topological polar surface area (TPSA) is 65.2 Å².